The molecule has 0 spiro atoms. The summed E-state index contributed by atoms with van der Waals surface area (Å²) in [6.07, 6.45) is 7.19. The van der Waals surface area contributed by atoms with Crippen LogP contribution in [-0.2, 0) is 11.8 Å². The molecule has 1 aliphatic heterocycles. The largest absolute Gasteiger partial charge is 0.495 e. The van der Waals surface area contributed by atoms with Crippen LogP contribution >= 0.6 is 0 Å². The van der Waals surface area contributed by atoms with Crippen LogP contribution in [0.3, 0.4) is 0 Å². The zero-order valence-corrected chi connectivity index (χ0v) is 19.4. The van der Waals surface area contributed by atoms with E-state index in [0.29, 0.717) is 41.5 Å². The van der Waals surface area contributed by atoms with E-state index in [1.165, 1.54) is 4.57 Å². The number of ether oxygens (including phenoxy) is 2. The number of aromatic amines is 1. The maximum Gasteiger partial charge on any atom is 0.327 e. The summed E-state index contributed by atoms with van der Waals surface area (Å²) in [5.74, 6) is 1.37. The van der Waals surface area contributed by atoms with E-state index in [2.05, 4.69) is 25.2 Å². The van der Waals surface area contributed by atoms with Crippen molar-refractivity contribution in [2.75, 3.05) is 43.6 Å². The number of aromatic nitrogens is 6. The van der Waals surface area contributed by atoms with Gasteiger partial charge in [0.25, 0.3) is 0 Å². The molecule has 4 aromatic heterocycles. The Morgan fingerprint density at radius 2 is 2.00 bits per heavy atom. The van der Waals surface area contributed by atoms with Crippen molar-refractivity contribution >= 4 is 34.0 Å². The number of H-pyrrole nitrogens is 1. The van der Waals surface area contributed by atoms with Gasteiger partial charge in [0.15, 0.2) is 17.1 Å². The molecule has 11 nitrogen and oxygen atoms in total. The molecule has 11 heteroatoms. The Kier molecular flexibility index (Phi) is 5.10. The third kappa shape index (κ3) is 3.75. The molecular weight excluding hydrogens is 448 g/mol. The fourth-order valence-electron chi connectivity index (χ4n) is 4.36. The second-order valence-electron chi connectivity index (χ2n) is 8.33. The molecule has 0 bridgehead atoms. The minimum atomic E-state index is -0.209. The minimum absolute atomic E-state index is 0.209. The van der Waals surface area contributed by atoms with E-state index in [9.17, 15) is 4.79 Å². The number of morpholine rings is 1. The minimum Gasteiger partial charge on any atom is -0.495 e. The van der Waals surface area contributed by atoms with Crippen molar-refractivity contribution in [2.24, 2.45) is 7.05 Å². The summed E-state index contributed by atoms with van der Waals surface area (Å²) in [7, 11) is 3.36. The van der Waals surface area contributed by atoms with Gasteiger partial charge in [-0.05, 0) is 18.2 Å². The van der Waals surface area contributed by atoms with E-state index < -0.39 is 0 Å². The summed E-state index contributed by atoms with van der Waals surface area (Å²) in [6.45, 7) is 3.06. The third-order valence-electron chi connectivity index (χ3n) is 6.19. The Labute approximate surface area is 200 Å². The Morgan fingerprint density at radius 3 is 2.83 bits per heavy atom. The van der Waals surface area contributed by atoms with Crippen LogP contribution in [0.5, 0.6) is 5.75 Å². The molecule has 0 amide bonds. The van der Waals surface area contributed by atoms with Crippen LogP contribution in [-0.4, -0.2) is 62.3 Å². The predicted molar refractivity (Wildman–Crippen MR) is 133 cm³/mol. The van der Waals surface area contributed by atoms with E-state index in [1.54, 1.807) is 26.6 Å². The number of nitrogens with zero attached hydrogens (tertiary/aromatic N) is 6. The molecule has 1 fully saturated rings. The van der Waals surface area contributed by atoms with Crippen molar-refractivity contribution in [1.29, 1.82) is 0 Å². The molecule has 1 aromatic carbocycles. The quantitative estimate of drug-likeness (QED) is 0.401. The molecule has 1 aliphatic rings. The molecule has 0 atom stereocenters. The van der Waals surface area contributed by atoms with Crippen molar-refractivity contribution in [1.82, 2.24) is 28.9 Å². The summed E-state index contributed by atoms with van der Waals surface area (Å²) in [5.41, 5.74) is 5.05. The van der Waals surface area contributed by atoms with Gasteiger partial charge in [-0.1, -0.05) is 0 Å². The van der Waals surface area contributed by atoms with E-state index in [0.717, 1.165) is 35.8 Å². The number of imidazole rings is 2. The van der Waals surface area contributed by atoms with E-state index in [4.69, 9.17) is 14.5 Å². The van der Waals surface area contributed by atoms with Crippen LogP contribution in [0.2, 0.25) is 0 Å². The van der Waals surface area contributed by atoms with E-state index >= 15 is 0 Å². The first-order chi connectivity index (χ1) is 17.1. The highest BCUT2D eigenvalue weighted by atomic mass is 16.5. The molecule has 6 rings (SSSR count). The lowest BCUT2D eigenvalue weighted by Gasteiger charge is -2.30. The monoisotopic (exact) mass is 472 g/mol. The lowest BCUT2D eigenvalue weighted by Crippen LogP contribution is -2.36. The van der Waals surface area contributed by atoms with Crippen LogP contribution < -0.4 is 20.6 Å². The van der Waals surface area contributed by atoms with Crippen LogP contribution in [0, 0.1) is 0 Å². The van der Waals surface area contributed by atoms with Crippen molar-refractivity contribution in [3.63, 3.8) is 0 Å². The molecule has 5 heterocycles. The Hall–Kier alpha value is -4.38. The topological polar surface area (TPSA) is 115 Å². The van der Waals surface area contributed by atoms with Crippen molar-refractivity contribution < 1.29 is 9.47 Å². The summed E-state index contributed by atoms with van der Waals surface area (Å²) in [6, 6.07) is 7.88. The predicted octanol–water partition coefficient (Wildman–Crippen LogP) is 2.56. The van der Waals surface area contributed by atoms with Gasteiger partial charge in [0, 0.05) is 62.2 Å². The average Bonchev–Trinajstić information content (AvgIpc) is 3.48. The van der Waals surface area contributed by atoms with Gasteiger partial charge in [-0.15, -0.1) is 0 Å². The van der Waals surface area contributed by atoms with Gasteiger partial charge in [-0.25, -0.2) is 19.7 Å². The number of anilines is 3. The second-order valence-corrected chi connectivity index (χ2v) is 8.33. The second kappa shape index (κ2) is 8.44. The smallest absolute Gasteiger partial charge is 0.327 e. The van der Waals surface area contributed by atoms with Gasteiger partial charge in [-0.2, -0.15) is 0 Å². The maximum absolute atomic E-state index is 12.0. The summed E-state index contributed by atoms with van der Waals surface area (Å²) in [4.78, 5) is 30.8. The number of aryl methyl sites for hydroxylation is 1. The highest BCUT2D eigenvalue weighted by Gasteiger charge is 2.17. The van der Waals surface area contributed by atoms with Gasteiger partial charge in [0.1, 0.15) is 5.75 Å². The van der Waals surface area contributed by atoms with Crippen molar-refractivity contribution in [2.45, 2.75) is 0 Å². The zero-order chi connectivity index (χ0) is 23.9. The number of hydrogen-bond acceptors (Lipinski definition) is 8. The van der Waals surface area contributed by atoms with Gasteiger partial charge in [-0.3, -0.25) is 4.57 Å². The number of pyridine rings is 1. The molecule has 178 valence electrons. The standard InChI is InChI=1S/C24H24N8O3/c1-30-22-17(29-24(30)33)11-15(13-26-22)18-14-32-6-5-25-23(32)21(28-18)27-16-3-4-19(20(12-16)34-2)31-7-9-35-10-8-31/h3-6,11-14H,7-10H2,1-2H3,(H,27,28)(H,29,33). The van der Waals surface area contributed by atoms with E-state index in [-0.39, 0.29) is 5.69 Å². The van der Waals surface area contributed by atoms with Gasteiger partial charge < -0.3 is 29.1 Å². The third-order valence-corrected chi connectivity index (χ3v) is 6.19. The van der Waals surface area contributed by atoms with Gasteiger partial charge in [0.05, 0.1) is 37.2 Å². The molecule has 0 unspecified atom stereocenters. The van der Waals surface area contributed by atoms with Crippen LogP contribution in [0.4, 0.5) is 17.2 Å². The fraction of sp³-hybridized carbons (Fsp3) is 0.250. The van der Waals surface area contributed by atoms with Crippen LogP contribution in [0.15, 0.2) is 53.8 Å². The first-order valence-electron chi connectivity index (χ1n) is 11.3. The zero-order valence-electron chi connectivity index (χ0n) is 19.4. The highest BCUT2D eigenvalue weighted by molar-refractivity contribution is 5.79. The van der Waals surface area contributed by atoms with Crippen molar-refractivity contribution in [3.05, 3.63) is 59.5 Å². The van der Waals surface area contributed by atoms with E-state index in [1.807, 2.05) is 41.1 Å². The number of hydrogen-bond donors (Lipinski definition) is 2. The number of nitrogens with one attached hydrogen (secondary N) is 2. The summed E-state index contributed by atoms with van der Waals surface area (Å²) in [5, 5.41) is 3.40. The summed E-state index contributed by atoms with van der Waals surface area (Å²) >= 11 is 0. The molecule has 0 radical (unpaired) electrons. The number of rotatable bonds is 5. The first-order valence-corrected chi connectivity index (χ1v) is 11.3. The van der Waals surface area contributed by atoms with Gasteiger partial charge >= 0.3 is 5.69 Å². The van der Waals surface area contributed by atoms with Gasteiger partial charge in [0.2, 0.25) is 0 Å². The molecule has 0 saturated carbocycles. The maximum atomic E-state index is 12.0. The Balaban J connectivity index is 1.38. The molecule has 0 aliphatic carbocycles. The Bertz CT molecular complexity index is 1600. The normalized spacial score (nSPS) is 14.1. The van der Waals surface area contributed by atoms with Crippen LogP contribution in [0.25, 0.3) is 28.1 Å². The fourth-order valence-corrected chi connectivity index (χ4v) is 4.36. The number of methoxy groups -OCH3 is 1. The lowest BCUT2D eigenvalue weighted by atomic mass is 10.2. The number of benzene rings is 1. The Morgan fingerprint density at radius 1 is 1.14 bits per heavy atom. The van der Waals surface area contributed by atoms with Crippen LogP contribution in [0.1, 0.15) is 0 Å². The first kappa shape index (κ1) is 21.2. The summed E-state index contributed by atoms with van der Waals surface area (Å²) < 4.78 is 14.5. The molecule has 35 heavy (non-hydrogen) atoms. The van der Waals surface area contributed by atoms with Crippen molar-refractivity contribution in [3.8, 4) is 17.0 Å². The lowest BCUT2D eigenvalue weighted by molar-refractivity contribution is 0.122. The molecule has 5 aromatic rings. The highest BCUT2D eigenvalue weighted by Crippen LogP contribution is 2.33. The SMILES string of the molecule is COc1cc(Nc2nc(-c3cnc4c(c3)[nH]c(=O)n4C)cn3ccnc23)ccc1N1CCOCC1. The average molecular weight is 473 g/mol. The molecular formula is C24H24N8O3. The molecule has 2 N–H and O–H groups in total. The molecule has 1 saturated heterocycles. The number of fused-ring (bicyclic) bond motifs is 2.